The van der Waals surface area contributed by atoms with Gasteiger partial charge in [-0.3, -0.25) is 4.79 Å². The molecule has 0 aromatic heterocycles. The first kappa shape index (κ1) is 12.2. The average Bonchev–Trinajstić information content (AvgIpc) is 2.77. The summed E-state index contributed by atoms with van der Waals surface area (Å²) in [7, 11) is 1.64. The van der Waals surface area contributed by atoms with Gasteiger partial charge in [0.15, 0.2) is 5.78 Å². The summed E-state index contributed by atoms with van der Waals surface area (Å²) in [6, 6.07) is 6.01. The molecule has 0 radical (unpaired) electrons. The number of carbonyl (C=O) groups excluding carboxylic acids is 1. The van der Waals surface area contributed by atoms with E-state index in [0.717, 1.165) is 5.56 Å². The molecular weight excluding hydrogens is 221 g/mol. The summed E-state index contributed by atoms with van der Waals surface area (Å²) in [5, 5.41) is 3.12. The highest BCUT2D eigenvalue weighted by molar-refractivity contribution is 5.86. The van der Waals surface area contributed by atoms with E-state index in [1.165, 1.54) is 12.1 Å². The van der Waals surface area contributed by atoms with E-state index in [0.29, 0.717) is 13.0 Å². The molecule has 3 nitrogen and oxygen atoms in total. The van der Waals surface area contributed by atoms with Gasteiger partial charge in [0.25, 0.3) is 0 Å². The fraction of sp³-hybridized carbons (Fsp3) is 0.462. The molecule has 1 heterocycles. The Morgan fingerprint density at radius 3 is 3.06 bits per heavy atom. The third-order valence-electron chi connectivity index (χ3n) is 3.08. The van der Waals surface area contributed by atoms with Crippen LogP contribution in [0.4, 0.5) is 4.39 Å². The van der Waals surface area contributed by atoms with Gasteiger partial charge in [0.2, 0.25) is 0 Å². The predicted octanol–water partition coefficient (Wildman–Crippen LogP) is 1.31. The standard InChI is InChI=1S/C13H16FNO2/c1-17-11-7-12(15-8-11)13(16)6-9-3-2-4-10(14)5-9/h2-5,11-12,15H,6-8H2,1H3. The van der Waals surface area contributed by atoms with Gasteiger partial charge < -0.3 is 10.1 Å². The minimum atomic E-state index is -0.301. The molecule has 4 heteroatoms. The molecule has 1 aliphatic heterocycles. The monoisotopic (exact) mass is 237 g/mol. The lowest BCUT2D eigenvalue weighted by molar-refractivity contribution is -0.120. The van der Waals surface area contributed by atoms with E-state index in [1.54, 1.807) is 19.2 Å². The molecule has 0 amide bonds. The number of rotatable bonds is 4. The molecule has 1 aliphatic rings. The van der Waals surface area contributed by atoms with Crippen molar-refractivity contribution in [2.45, 2.75) is 25.0 Å². The number of hydrogen-bond acceptors (Lipinski definition) is 3. The molecule has 0 bridgehead atoms. The zero-order valence-corrected chi connectivity index (χ0v) is 9.78. The van der Waals surface area contributed by atoms with Crippen molar-refractivity contribution in [1.82, 2.24) is 5.32 Å². The van der Waals surface area contributed by atoms with Crippen LogP contribution >= 0.6 is 0 Å². The van der Waals surface area contributed by atoms with Crippen molar-refractivity contribution in [1.29, 1.82) is 0 Å². The molecule has 0 aliphatic carbocycles. The van der Waals surface area contributed by atoms with Gasteiger partial charge in [0, 0.05) is 20.1 Å². The minimum absolute atomic E-state index is 0.0927. The van der Waals surface area contributed by atoms with Gasteiger partial charge in [-0.15, -0.1) is 0 Å². The van der Waals surface area contributed by atoms with E-state index < -0.39 is 0 Å². The van der Waals surface area contributed by atoms with Crippen LogP contribution in [0.15, 0.2) is 24.3 Å². The molecule has 0 saturated carbocycles. The molecule has 2 atom stereocenters. The van der Waals surface area contributed by atoms with Gasteiger partial charge in [-0.2, -0.15) is 0 Å². The SMILES string of the molecule is COC1CNC(C(=O)Cc2cccc(F)c2)C1. The zero-order valence-electron chi connectivity index (χ0n) is 9.78. The Labute approximate surface area is 100.0 Å². The number of carbonyl (C=O) groups is 1. The summed E-state index contributed by atoms with van der Waals surface area (Å²) in [4.78, 5) is 11.9. The lowest BCUT2D eigenvalue weighted by Gasteiger charge is -2.09. The van der Waals surface area contributed by atoms with E-state index in [2.05, 4.69) is 5.32 Å². The molecule has 1 fully saturated rings. The van der Waals surface area contributed by atoms with Crippen molar-refractivity contribution in [3.8, 4) is 0 Å². The van der Waals surface area contributed by atoms with Gasteiger partial charge in [-0.25, -0.2) is 4.39 Å². The summed E-state index contributed by atoms with van der Waals surface area (Å²) in [6.45, 7) is 0.704. The van der Waals surface area contributed by atoms with Crippen LogP contribution < -0.4 is 5.32 Å². The summed E-state index contributed by atoms with van der Waals surface area (Å²) in [5.74, 6) is -0.209. The topological polar surface area (TPSA) is 38.3 Å². The van der Waals surface area contributed by atoms with Gasteiger partial charge in [-0.05, 0) is 24.1 Å². The van der Waals surface area contributed by atoms with Gasteiger partial charge in [0.1, 0.15) is 5.82 Å². The summed E-state index contributed by atoms with van der Waals surface area (Å²) < 4.78 is 18.2. The second kappa shape index (κ2) is 5.38. The van der Waals surface area contributed by atoms with E-state index in [9.17, 15) is 9.18 Å². The Kier molecular flexibility index (Phi) is 3.86. The lowest BCUT2D eigenvalue weighted by Crippen LogP contribution is -2.31. The third-order valence-corrected chi connectivity index (χ3v) is 3.08. The van der Waals surface area contributed by atoms with Crippen molar-refractivity contribution < 1.29 is 13.9 Å². The maximum absolute atomic E-state index is 13.0. The van der Waals surface area contributed by atoms with E-state index in [1.807, 2.05) is 0 Å². The first-order chi connectivity index (χ1) is 8.19. The number of ketones is 1. The Hall–Kier alpha value is -1.26. The molecule has 2 unspecified atom stereocenters. The molecule has 1 aromatic rings. The summed E-state index contributed by atoms with van der Waals surface area (Å²) >= 11 is 0. The quantitative estimate of drug-likeness (QED) is 0.858. The second-order valence-corrected chi connectivity index (χ2v) is 4.33. The van der Waals surface area contributed by atoms with Crippen molar-refractivity contribution in [3.63, 3.8) is 0 Å². The number of Topliss-reactive ketones (excluding diaryl/α,β-unsaturated/α-hetero) is 1. The van der Waals surface area contributed by atoms with Gasteiger partial charge >= 0.3 is 0 Å². The molecule has 1 N–H and O–H groups in total. The largest absolute Gasteiger partial charge is 0.380 e. The average molecular weight is 237 g/mol. The highest BCUT2D eigenvalue weighted by Gasteiger charge is 2.28. The Balaban J connectivity index is 1.93. The maximum atomic E-state index is 13.0. The highest BCUT2D eigenvalue weighted by atomic mass is 19.1. The maximum Gasteiger partial charge on any atom is 0.154 e. The Morgan fingerprint density at radius 2 is 2.41 bits per heavy atom. The number of ether oxygens (including phenoxy) is 1. The van der Waals surface area contributed by atoms with Crippen LogP contribution in [0, 0.1) is 5.82 Å². The first-order valence-corrected chi connectivity index (χ1v) is 5.72. The smallest absolute Gasteiger partial charge is 0.154 e. The van der Waals surface area contributed by atoms with Crippen molar-refractivity contribution in [2.75, 3.05) is 13.7 Å². The fourth-order valence-corrected chi connectivity index (χ4v) is 2.10. The number of halogens is 1. The van der Waals surface area contributed by atoms with Crippen LogP contribution in [-0.4, -0.2) is 31.6 Å². The number of benzene rings is 1. The summed E-state index contributed by atoms with van der Waals surface area (Å²) in [6.07, 6.45) is 1.08. The van der Waals surface area contributed by atoms with Gasteiger partial charge in [0.05, 0.1) is 12.1 Å². The summed E-state index contributed by atoms with van der Waals surface area (Å²) in [5.41, 5.74) is 0.720. The molecule has 2 rings (SSSR count). The molecule has 0 spiro atoms. The molecule has 1 aromatic carbocycles. The molecule has 92 valence electrons. The molecular formula is C13H16FNO2. The first-order valence-electron chi connectivity index (χ1n) is 5.72. The van der Waals surface area contributed by atoms with Gasteiger partial charge in [-0.1, -0.05) is 12.1 Å². The molecule has 17 heavy (non-hydrogen) atoms. The van der Waals surface area contributed by atoms with E-state index >= 15 is 0 Å². The second-order valence-electron chi connectivity index (χ2n) is 4.33. The lowest BCUT2D eigenvalue weighted by atomic mass is 10.0. The minimum Gasteiger partial charge on any atom is -0.380 e. The van der Waals surface area contributed by atoms with Crippen LogP contribution in [0.3, 0.4) is 0 Å². The number of methoxy groups -OCH3 is 1. The fourth-order valence-electron chi connectivity index (χ4n) is 2.10. The molecule has 1 saturated heterocycles. The highest BCUT2D eigenvalue weighted by Crippen LogP contribution is 2.13. The third kappa shape index (κ3) is 3.11. The van der Waals surface area contributed by atoms with Crippen LogP contribution in [-0.2, 0) is 16.0 Å². The Bertz CT molecular complexity index is 408. The van der Waals surface area contributed by atoms with Crippen molar-refractivity contribution in [3.05, 3.63) is 35.6 Å². The van der Waals surface area contributed by atoms with E-state index in [4.69, 9.17) is 4.74 Å². The Morgan fingerprint density at radius 1 is 1.59 bits per heavy atom. The number of hydrogen-bond donors (Lipinski definition) is 1. The van der Waals surface area contributed by atoms with Crippen molar-refractivity contribution >= 4 is 5.78 Å². The van der Waals surface area contributed by atoms with Crippen LogP contribution in [0.5, 0.6) is 0 Å². The van der Waals surface area contributed by atoms with E-state index in [-0.39, 0.29) is 30.2 Å². The predicted molar refractivity (Wildman–Crippen MR) is 62.3 cm³/mol. The normalized spacial score (nSPS) is 23.9. The number of nitrogens with one attached hydrogen (secondary N) is 1. The van der Waals surface area contributed by atoms with Crippen LogP contribution in [0.1, 0.15) is 12.0 Å². The van der Waals surface area contributed by atoms with Crippen LogP contribution in [0.25, 0.3) is 0 Å². The van der Waals surface area contributed by atoms with Crippen LogP contribution in [0.2, 0.25) is 0 Å². The zero-order chi connectivity index (χ0) is 12.3. The van der Waals surface area contributed by atoms with Crippen molar-refractivity contribution in [2.24, 2.45) is 0 Å².